The van der Waals surface area contributed by atoms with E-state index in [0.717, 1.165) is 29.1 Å². The zero-order chi connectivity index (χ0) is 18.6. The van der Waals surface area contributed by atoms with Crippen molar-refractivity contribution in [1.82, 2.24) is 0 Å². The summed E-state index contributed by atoms with van der Waals surface area (Å²) >= 11 is 0. The molecule has 2 aliphatic rings. The van der Waals surface area contributed by atoms with E-state index in [0.29, 0.717) is 44.4 Å². The van der Waals surface area contributed by atoms with Crippen molar-refractivity contribution in [2.75, 3.05) is 36.5 Å². The Balaban J connectivity index is 1.36. The molecule has 0 aliphatic carbocycles. The lowest BCUT2D eigenvalue weighted by Gasteiger charge is -2.16. The molecule has 27 heavy (non-hydrogen) atoms. The predicted molar refractivity (Wildman–Crippen MR) is 105 cm³/mol. The van der Waals surface area contributed by atoms with Crippen LogP contribution in [0.4, 0.5) is 11.4 Å². The molecule has 4 rings (SSSR count). The summed E-state index contributed by atoms with van der Waals surface area (Å²) in [5, 5.41) is 3.06. The highest BCUT2D eigenvalue weighted by Gasteiger charge is 2.25. The third kappa shape index (κ3) is 3.81. The number of para-hydroxylation sites is 1. The predicted octanol–water partition coefficient (Wildman–Crippen LogP) is 2.16. The monoisotopic (exact) mass is 366 g/mol. The molecule has 0 fully saturated rings. The van der Waals surface area contributed by atoms with E-state index < -0.39 is 0 Å². The van der Waals surface area contributed by atoms with Crippen LogP contribution in [-0.4, -0.2) is 38.2 Å². The van der Waals surface area contributed by atoms with Gasteiger partial charge in [0, 0.05) is 30.4 Å². The Morgan fingerprint density at radius 3 is 2.85 bits per heavy atom. The molecule has 140 valence electrons. The summed E-state index contributed by atoms with van der Waals surface area (Å²) in [5.41, 5.74) is 8.80. The number of hydrogen-bond donors (Lipinski definition) is 2. The van der Waals surface area contributed by atoms with E-state index in [1.165, 1.54) is 0 Å². The Labute approximate surface area is 157 Å². The van der Waals surface area contributed by atoms with Gasteiger partial charge in [0.05, 0.1) is 26.2 Å². The van der Waals surface area contributed by atoms with Gasteiger partial charge >= 0.3 is 0 Å². The van der Waals surface area contributed by atoms with Crippen LogP contribution in [0.1, 0.15) is 12.0 Å². The smallest absolute Gasteiger partial charge is 0.231 e. The molecule has 2 heterocycles. The number of ether oxygens (including phenoxy) is 2. The molecule has 0 radical (unpaired) electrons. The number of carbonyl (C=O) groups excluding carboxylic acids is 1. The van der Waals surface area contributed by atoms with Crippen LogP contribution in [0.3, 0.4) is 0 Å². The zero-order valence-electron chi connectivity index (χ0n) is 15.0. The average Bonchev–Trinajstić information content (AvgIpc) is 2.83. The maximum absolute atomic E-state index is 12.2. The third-order valence-electron chi connectivity index (χ3n) is 4.55. The summed E-state index contributed by atoms with van der Waals surface area (Å²) in [6.45, 7) is 2.20. The first-order chi connectivity index (χ1) is 13.2. The number of anilines is 2. The maximum atomic E-state index is 12.2. The number of aliphatic imine (C=N–C) groups is 1. The Hall–Kier alpha value is -3.22. The van der Waals surface area contributed by atoms with Gasteiger partial charge in [-0.15, -0.1) is 0 Å². The van der Waals surface area contributed by atoms with Crippen LogP contribution in [-0.2, 0) is 11.2 Å². The lowest BCUT2D eigenvalue weighted by Crippen LogP contribution is -2.31. The van der Waals surface area contributed by atoms with Crippen molar-refractivity contribution in [1.29, 1.82) is 0 Å². The molecule has 2 aromatic carbocycles. The molecular formula is C20H22N4O3. The van der Waals surface area contributed by atoms with Gasteiger partial charge in [0.15, 0.2) is 17.5 Å². The fourth-order valence-corrected chi connectivity index (χ4v) is 3.26. The van der Waals surface area contributed by atoms with Crippen molar-refractivity contribution >= 4 is 23.2 Å². The average molecular weight is 366 g/mol. The minimum atomic E-state index is 0.0980. The van der Waals surface area contributed by atoms with Crippen LogP contribution in [0.25, 0.3) is 0 Å². The summed E-state index contributed by atoms with van der Waals surface area (Å²) in [5.74, 6) is 1.83. The van der Waals surface area contributed by atoms with Crippen molar-refractivity contribution in [3.05, 3.63) is 48.0 Å². The van der Waals surface area contributed by atoms with Gasteiger partial charge in [-0.1, -0.05) is 18.2 Å². The van der Waals surface area contributed by atoms with E-state index in [-0.39, 0.29) is 5.91 Å². The van der Waals surface area contributed by atoms with Crippen LogP contribution in [0.5, 0.6) is 11.5 Å². The van der Waals surface area contributed by atoms with Crippen LogP contribution >= 0.6 is 0 Å². The molecule has 0 spiro atoms. The standard InChI is InChI=1S/C20H22N4O3/c21-20(23-15-6-7-17-18(13-15)27-11-3-10-26-17)22-8-9-24-16-5-2-1-4-14(16)12-19(24)25/h1-2,4-7,13H,3,8-12H2,(H3,21,22,23). The van der Waals surface area contributed by atoms with Crippen molar-refractivity contribution < 1.29 is 14.3 Å². The van der Waals surface area contributed by atoms with Crippen molar-refractivity contribution in [2.45, 2.75) is 12.8 Å². The first-order valence-electron chi connectivity index (χ1n) is 9.05. The fraction of sp³-hybridized carbons (Fsp3) is 0.300. The molecule has 2 aromatic rings. The largest absolute Gasteiger partial charge is 0.490 e. The Morgan fingerprint density at radius 2 is 1.96 bits per heavy atom. The molecule has 7 nitrogen and oxygen atoms in total. The second-order valence-corrected chi connectivity index (χ2v) is 6.45. The molecule has 7 heteroatoms. The number of amides is 1. The molecule has 1 amide bonds. The Bertz CT molecular complexity index is 881. The highest BCUT2D eigenvalue weighted by molar-refractivity contribution is 6.01. The normalized spacial score (nSPS) is 16.1. The maximum Gasteiger partial charge on any atom is 0.231 e. The molecule has 0 bridgehead atoms. The van der Waals surface area contributed by atoms with Crippen molar-refractivity contribution in [3.8, 4) is 11.5 Å². The van der Waals surface area contributed by atoms with Crippen molar-refractivity contribution in [3.63, 3.8) is 0 Å². The number of benzene rings is 2. The SMILES string of the molecule is NC(=NCCN1C(=O)Cc2ccccc21)Nc1ccc2c(c1)OCCCO2. The highest BCUT2D eigenvalue weighted by Crippen LogP contribution is 2.32. The number of nitrogens with two attached hydrogens (primary N) is 1. The third-order valence-corrected chi connectivity index (χ3v) is 4.55. The zero-order valence-corrected chi connectivity index (χ0v) is 15.0. The van der Waals surface area contributed by atoms with E-state index in [2.05, 4.69) is 10.3 Å². The first kappa shape index (κ1) is 17.2. The van der Waals surface area contributed by atoms with Gasteiger partial charge in [-0.25, -0.2) is 0 Å². The second-order valence-electron chi connectivity index (χ2n) is 6.45. The van der Waals surface area contributed by atoms with Crippen molar-refractivity contribution in [2.24, 2.45) is 10.7 Å². The van der Waals surface area contributed by atoms with Gasteiger partial charge in [-0.3, -0.25) is 9.79 Å². The Morgan fingerprint density at radius 1 is 1.15 bits per heavy atom. The van der Waals surface area contributed by atoms with Gasteiger partial charge in [0.1, 0.15) is 0 Å². The van der Waals surface area contributed by atoms with E-state index in [9.17, 15) is 4.79 Å². The van der Waals surface area contributed by atoms with Crippen LogP contribution in [0.2, 0.25) is 0 Å². The minimum Gasteiger partial charge on any atom is -0.490 e. The lowest BCUT2D eigenvalue weighted by molar-refractivity contribution is -0.117. The van der Waals surface area contributed by atoms with Gasteiger partial charge in [0.2, 0.25) is 5.91 Å². The van der Waals surface area contributed by atoms with Crippen LogP contribution in [0, 0.1) is 0 Å². The van der Waals surface area contributed by atoms with E-state index in [4.69, 9.17) is 15.2 Å². The number of nitrogens with zero attached hydrogens (tertiary/aromatic N) is 2. The molecule has 0 saturated carbocycles. The summed E-state index contributed by atoms with van der Waals surface area (Å²) < 4.78 is 11.3. The highest BCUT2D eigenvalue weighted by atomic mass is 16.5. The number of nitrogens with one attached hydrogen (secondary N) is 1. The number of rotatable bonds is 4. The number of guanidine groups is 1. The second kappa shape index (κ2) is 7.57. The summed E-state index contributed by atoms with van der Waals surface area (Å²) in [6, 6.07) is 13.4. The summed E-state index contributed by atoms with van der Waals surface area (Å²) in [6.07, 6.45) is 1.31. The van der Waals surface area contributed by atoms with E-state index in [1.807, 2.05) is 42.5 Å². The van der Waals surface area contributed by atoms with Crippen LogP contribution in [0.15, 0.2) is 47.5 Å². The summed E-state index contributed by atoms with van der Waals surface area (Å²) in [7, 11) is 0. The molecule has 0 atom stereocenters. The van der Waals surface area contributed by atoms with E-state index >= 15 is 0 Å². The molecule has 0 aromatic heterocycles. The summed E-state index contributed by atoms with van der Waals surface area (Å²) in [4.78, 5) is 18.3. The molecule has 2 aliphatic heterocycles. The topological polar surface area (TPSA) is 89.2 Å². The molecule has 0 unspecified atom stereocenters. The van der Waals surface area contributed by atoms with Gasteiger partial charge in [0.25, 0.3) is 0 Å². The van der Waals surface area contributed by atoms with E-state index in [1.54, 1.807) is 4.90 Å². The minimum absolute atomic E-state index is 0.0980. The lowest BCUT2D eigenvalue weighted by atomic mass is 10.2. The Kier molecular flexibility index (Phi) is 4.82. The number of carbonyl (C=O) groups is 1. The first-order valence-corrected chi connectivity index (χ1v) is 9.05. The number of fused-ring (bicyclic) bond motifs is 2. The van der Waals surface area contributed by atoms with Crippen LogP contribution < -0.4 is 25.4 Å². The fourth-order valence-electron chi connectivity index (χ4n) is 3.26. The van der Waals surface area contributed by atoms with Gasteiger partial charge in [-0.2, -0.15) is 0 Å². The molecule has 0 saturated heterocycles. The molecular weight excluding hydrogens is 344 g/mol. The molecule has 3 N–H and O–H groups in total. The number of hydrogen-bond acceptors (Lipinski definition) is 4. The van der Waals surface area contributed by atoms with Gasteiger partial charge < -0.3 is 25.4 Å². The van der Waals surface area contributed by atoms with Gasteiger partial charge in [-0.05, 0) is 23.8 Å². The quantitative estimate of drug-likeness (QED) is 0.639.